The van der Waals surface area contributed by atoms with Crippen molar-refractivity contribution in [3.05, 3.63) is 53.4 Å². The Labute approximate surface area is 175 Å². The van der Waals surface area contributed by atoms with Crippen LogP contribution < -0.4 is 5.32 Å². The molecule has 156 valence electrons. The van der Waals surface area contributed by atoms with Gasteiger partial charge >= 0.3 is 0 Å². The molecule has 1 aromatic carbocycles. The lowest BCUT2D eigenvalue weighted by Gasteiger charge is -2.22. The standard InChI is InChI=1S/C23H26N4O3/c1-13-9-11-17(12-10-13)27-15(3)20(14(2)25-27)24-21(28)16(4)26-22(29)18-7-5-6-8-19(18)23(26)30/h5-6,9-12,16,18-19H,7-8H2,1-4H3,(H,24,28). The minimum absolute atomic E-state index is 0.249. The van der Waals surface area contributed by atoms with Gasteiger partial charge in [-0.15, -0.1) is 0 Å². The number of carbonyl (C=O) groups excluding carboxylic acids is 3. The molecule has 2 aromatic rings. The van der Waals surface area contributed by atoms with Crippen LogP contribution in [0.15, 0.2) is 36.4 Å². The first kappa shape index (κ1) is 20.1. The molecule has 1 saturated heterocycles. The normalized spacial score (nSPS) is 21.7. The predicted octanol–water partition coefficient (Wildman–Crippen LogP) is 3.08. The molecule has 0 bridgehead atoms. The SMILES string of the molecule is Cc1ccc(-n2nc(C)c(NC(=O)C(C)N3C(=O)C4CC=CCC4C3=O)c2C)cc1. The third-order valence-electron chi connectivity index (χ3n) is 6.13. The molecular weight excluding hydrogens is 380 g/mol. The number of anilines is 1. The van der Waals surface area contributed by atoms with E-state index in [0.29, 0.717) is 24.2 Å². The fraction of sp³-hybridized carbons (Fsp3) is 0.391. The highest BCUT2D eigenvalue weighted by molar-refractivity contribution is 6.10. The van der Waals surface area contributed by atoms with Crippen LogP contribution in [0, 0.1) is 32.6 Å². The van der Waals surface area contributed by atoms with Crippen molar-refractivity contribution in [3.8, 4) is 5.69 Å². The van der Waals surface area contributed by atoms with Crippen molar-refractivity contribution >= 4 is 23.4 Å². The van der Waals surface area contributed by atoms with Crippen LogP contribution in [0.25, 0.3) is 5.69 Å². The Morgan fingerprint density at radius 1 is 1.03 bits per heavy atom. The van der Waals surface area contributed by atoms with E-state index >= 15 is 0 Å². The maximum absolute atomic E-state index is 13.0. The monoisotopic (exact) mass is 406 g/mol. The van der Waals surface area contributed by atoms with Crippen molar-refractivity contribution in [3.63, 3.8) is 0 Å². The number of carbonyl (C=O) groups is 3. The van der Waals surface area contributed by atoms with Crippen LogP contribution in [-0.2, 0) is 14.4 Å². The number of nitrogens with one attached hydrogen (secondary N) is 1. The minimum atomic E-state index is -0.878. The van der Waals surface area contributed by atoms with E-state index in [4.69, 9.17) is 0 Å². The molecule has 3 unspecified atom stereocenters. The number of rotatable bonds is 4. The minimum Gasteiger partial charge on any atom is -0.321 e. The number of fused-ring (bicyclic) bond motifs is 1. The van der Waals surface area contributed by atoms with Crippen molar-refractivity contribution in [2.75, 3.05) is 5.32 Å². The van der Waals surface area contributed by atoms with Gasteiger partial charge in [0, 0.05) is 0 Å². The molecule has 2 heterocycles. The van der Waals surface area contributed by atoms with Gasteiger partial charge in [0.2, 0.25) is 17.7 Å². The summed E-state index contributed by atoms with van der Waals surface area (Å²) >= 11 is 0. The van der Waals surface area contributed by atoms with Crippen LogP contribution in [0.3, 0.4) is 0 Å². The van der Waals surface area contributed by atoms with Crippen LogP contribution in [-0.4, -0.2) is 38.4 Å². The Morgan fingerprint density at radius 3 is 2.17 bits per heavy atom. The molecule has 1 aliphatic carbocycles. The van der Waals surface area contributed by atoms with Crippen molar-refractivity contribution in [1.29, 1.82) is 0 Å². The number of amides is 3. The summed E-state index contributed by atoms with van der Waals surface area (Å²) in [6, 6.07) is 7.08. The Bertz CT molecular complexity index is 1030. The van der Waals surface area contributed by atoms with Crippen molar-refractivity contribution < 1.29 is 14.4 Å². The summed E-state index contributed by atoms with van der Waals surface area (Å²) < 4.78 is 1.78. The molecule has 0 radical (unpaired) electrons. The molecule has 0 saturated carbocycles. The zero-order chi connectivity index (χ0) is 21.6. The van der Waals surface area contributed by atoms with Gasteiger partial charge in [0.25, 0.3) is 0 Å². The summed E-state index contributed by atoms with van der Waals surface area (Å²) in [7, 11) is 0. The predicted molar refractivity (Wildman–Crippen MR) is 113 cm³/mol. The van der Waals surface area contributed by atoms with E-state index in [9.17, 15) is 14.4 Å². The van der Waals surface area contributed by atoms with Gasteiger partial charge in [-0.25, -0.2) is 4.68 Å². The van der Waals surface area contributed by atoms with Gasteiger partial charge in [-0.3, -0.25) is 19.3 Å². The summed E-state index contributed by atoms with van der Waals surface area (Å²) in [6.45, 7) is 7.33. The molecule has 3 amide bonds. The molecule has 1 aliphatic heterocycles. The molecule has 7 nitrogen and oxygen atoms in total. The van der Waals surface area contributed by atoms with Crippen LogP contribution in [0.1, 0.15) is 36.7 Å². The summed E-state index contributed by atoms with van der Waals surface area (Å²) in [6.07, 6.45) is 4.99. The van der Waals surface area contributed by atoms with Gasteiger partial charge in [-0.1, -0.05) is 29.8 Å². The number of aryl methyl sites for hydroxylation is 2. The van der Waals surface area contributed by atoms with E-state index < -0.39 is 11.9 Å². The average molecular weight is 406 g/mol. The number of imide groups is 1. The molecule has 1 fully saturated rings. The Hall–Kier alpha value is -3.22. The number of likely N-dealkylation sites (tertiary alicyclic amines) is 1. The molecule has 3 atom stereocenters. The van der Waals surface area contributed by atoms with E-state index in [1.165, 1.54) is 0 Å². The molecule has 1 N–H and O–H groups in total. The molecule has 30 heavy (non-hydrogen) atoms. The second-order valence-corrected chi connectivity index (χ2v) is 8.16. The third-order valence-corrected chi connectivity index (χ3v) is 6.13. The highest BCUT2D eigenvalue weighted by Crippen LogP contribution is 2.36. The average Bonchev–Trinajstić information content (AvgIpc) is 3.16. The summed E-state index contributed by atoms with van der Waals surface area (Å²) in [4.78, 5) is 39.7. The summed E-state index contributed by atoms with van der Waals surface area (Å²) in [5.74, 6) is -1.57. The maximum Gasteiger partial charge on any atom is 0.247 e. The largest absolute Gasteiger partial charge is 0.321 e. The van der Waals surface area contributed by atoms with Crippen molar-refractivity contribution in [2.45, 2.75) is 46.6 Å². The van der Waals surface area contributed by atoms with E-state index in [0.717, 1.165) is 21.8 Å². The topological polar surface area (TPSA) is 84.3 Å². The smallest absolute Gasteiger partial charge is 0.247 e. The molecule has 0 spiro atoms. The second-order valence-electron chi connectivity index (χ2n) is 8.16. The Balaban J connectivity index is 1.55. The number of nitrogens with zero attached hydrogens (tertiary/aromatic N) is 3. The van der Waals surface area contributed by atoms with E-state index in [1.54, 1.807) is 11.6 Å². The number of hydrogen-bond donors (Lipinski definition) is 1. The number of allylic oxidation sites excluding steroid dienone is 2. The molecule has 4 rings (SSSR count). The van der Waals surface area contributed by atoms with Gasteiger partial charge < -0.3 is 5.32 Å². The fourth-order valence-corrected chi connectivity index (χ4v) is 4.31. The van der Waals surface area contributed by atoms with Gasteiger partial charge in [0.15, 0.2) is 0 Å². The van der Waals surface area contributed by atoms with Crippen molar-refractivity contribution in [1.82, 2.24) is 14.7 Å². The highest BCUT2D eigenvalue weighted by Gasteiger charge is 2.50. The number of aromatic nitrogens is 2. The van der Waals surface area contributed by atoms with Crippen molar-refractivity contribution in [2.24, 2.45) is 11.8 Å². The zero-order valence-electron chi connectivity index (χ0n) is 17.7. The lowest BCUT2D eigenvalue weighted by molar-refractivity contribution is -0.146. The molecule has 1 aromatic heterocycles. The number of hydrogen-bond acceptors (Lipinski definition) is 4. The van der Waals surface area contributed by atoms with E-state index in [2.05, 4.69) is 10.4 Å². The number of benzene rings is 1. The quantitative estimate of drug-likeness (QED) is 0.625. The van der Waals surface area contributed by atoms with Crippen LogP contribution >= 0.6 is 0 Å². The van der Waals surface area contributed by atoms with Gasteiger partial charge in [0.05, 0.1) is 34.6 Å². The second kappa shape index (κ2) is 7.55. The molecule has 2 aliphatic rings. The molecule has 7 heteroatoms. The highest BCUT2D eigenvalue weighted by atomic mass is 16.2. The summed E-state index contributed by atoms with van der Waals surface area (Å²) in [5.41, 5.74) is 4.11. The lowest BCUT2D eigenvalue weighted by Crippen LogP contribution is -2.46. The van der Waals surface area contributed by atoms with Crippen LogP contribution in [0.2, 0.25) is 0 Å². The van der Waals surface area contributed by atoms with Gasteiger partial charge in [-0.2, -0.15) is 5.10 Å². The Kier molecular flexibility index (Phi) is 5.05. The Morgan fingerprint density at radius 2 is 1.60 bits per heavy atom. The first-order valence-corrected chi connectivity index (χ1v) is 10.3. The molecular formula is C23H26N4O3. The van der Waals surface area contributed by atoms with Crippen LogP contribution in [0.5, 0.6) is 0 Å². The van der Waals surface area contributed by atoms with E-state index in [1.807, 2.05) is 57.2 Å². The van der Waals surface area contributed by atoms with Gasteiger partial charge in [0.1, 0.15) is 6.04 Å². The van der Waals surface area contributed by atoms with Crippen LogP contribution in [0.4, 0.5) is 5.69 Å². The zero-order valence-corrected chi connectivity index (χ0v) is 17.7. The van der Waals surface area contributed by atoms with E-state index in [-0.39, 0.29) is 23.7 Å². The first-order chi connectivity index (χ1) is 14.3. The summed E-state index contributed by atoms with van der Waals surface area (Å²) in [5, 5.41) is 7.45. The lowest BCUT2D eigenvalue weighted by atomic mass is 9.85. The maximum atomic E-state index is 13.0. The third kappa shape index (κ3) is 3.24. The van der Waals surface area contributed by atoms with Gasteiger partial charge in [-0.05, 0) is 52.7 Å². The first-order valence-electron chi connectivity index (χ1n) is 10.3. The fourth-order valence-electron chi connectivity index (χ4n) is 4.31.